The Kier molecular flexibility index (Phi) is 5.31. The number of carboxylic acids is 1. The van der Waals surface area contributed by atoms with Crippen LogP contribution >= 0.6 is 23.4 Å². The molecular formula is C11H12ClNO3S. The summed E-state index contributed by atoms with van der Waals surface area (Å²) in [6.07, 6.45) is 0. The molecule has 0 unspecified atom stereocenters. The van der Waals surface area contributed by atoms with E-state index in [9.17, 15) is 9.59 Å². The molecule has 0 fully saturated rings. The van der Waals surface area contributed by atoms with Gasteiger partial charge in [-0.05, 0) is 31.2 Å². The van der Waals surface area contributed by atoms with Crippen LogP contribution in [0.3, 0.4) is 0 Å². The van der Waals surface area contributed by atoms with Crippen LogP contribution in [-0.2, 0) is 9.59 Å². The molecule has 1 aromatic carbocycles. The second-order valence-electron chi connectivity index (χ2n) is 3.35. The number of amides is 1. The largest absolute Gasteiger partial charge is 0.480 e. The van der Waals surface area contributed by atoms with Crippen LogP contribution in [0, 0.1) is 0 Å². The molecule has 4 nitrogen and oxygen atoms in total. The minimum atomic E-state index is -0.922. The number of aliphatic carboxylic acids is 1. The van der Waals surface area contributed by atoms with Crippen LogP contribution in [0.1, 0.15) is 6.92 Å². The lowest BCUT2D eigenvalue weighted by molar-refractivity contribution is -0.136. The van der Waals surface area contributed by atoms with Gasteiger partial charge in [-0.2, -0.15) is 0 Å². The molecule has 6 heteroatoms. The van der Waals surface area contributed by atoms with E-state index >= 15 is 0 Å². The van der Waals surface area contributed by atoms with E-state index in [-0.39, 0.29) is 11.7 Å². The topological polar surface area (TPSA) is 66.4 Å². The fraction of sp³-hybridized carbons (Fsp3) is 0.273. The molecule has 0 aromatic heterocycles. The van der Waals surface area contributed by atoms with Gasteiger partial charge in [0.05, 0.1) is 11.0 Å². The molecule has 0 radical (unpaired) electrons. The number of nitrogens with one attached hydrogen (secondary N) is 1. The predicted octanol–water partition coefficient (Wildman–Crippen LogP) is 2.48. The highest BCUT2D eigenvalue weighted by Crippen LogP contribution is 2.15. The summed E-state index contributed by atoms with van der Waals surface area (Å²) in [5.74, 6) is -1.05. The summed E-state index contributed by atoms with van der Waals surface area (Å²) >= 11 is 6.78. The molecular weight excluding hydrogens is 262 g/mol. The maximum Gasteiger partial charge on any atom is 0.316 e. The Hall–Kier alpha value is -1.20. The third-order valence-electron chi connectivity index (χ3n) is 1.94. The van der Waals surface area contributed by atoms with Gasteiger partial charge in [0.1, 0.15) is 0 Å². The van der Waals surface area contributed by atoms with Crippen LogP contribution in [0.15, 0.2) is 24.3 Å². The summed E-state index contributed by atoms with van der Waals surface area (Å²) in [4.78, 5) is 22.0. The van der Waals surface area contributed by atoms with Crippen molar-refractivity contribution < 1.29 is 14.7 Å². The Labute approximate surface area is 108 Å². The zero-order chi connectivity index (χ0) is 12.8. The average molecular weight is 274 g/mol. The number of hydrogen-bond acceptors (Lipinski definition) is 3. The first-order chi connectivity index (χ1) is 7.99. The highest BCUT2D eigenvalue weighted by Gasteiger charge is 2.13. The SMILES string of the molecule is C[C@@H](SCC(=O)Nc1ccc(Cl)cc1)C(=O)O. The highest BCUT2D eigenvalue weighted by molar-refractivity contribution is 8.01. The Bertz CT molecular complexity index is 408. The summed E-state index contributed by atoms with van der Waals surface area (Å²) in [6, 6.07) is 6.71. The first kappa shape index (κ1) is 13.9. The molecule has 2 N–H and O–H groups in total. The molecule has 0 bridgehead atoms. The quantitative estimate of drug-likeness (QED) is 0.865. The normalized spacial score (nSPS) is 11.9. The molecule has 0 saturated heterocycles. The smallest absolute Gasteiger partial charge is 0.316 e. The Morgan fingerprint density at radius 3 is 2.53 bits per heavy atom. The summed E-state index contributed by atoms with van der Waals surface area (Å²) in [5, 5.41) is 11.3. The molecule has 1 aromatic rings. The Morgan fingerprint density at radius 2 is 2.00 bits per heavy atom. The van der Waals surface area contributed by atoms with Crippen molar-refractivity contribution in [2.75, 3.05) is 11.1 Å². The molecule has 92 valence electrons. The lowest BCUT2D eigenvalue weighted by Crippen LogP contribution is -2.19. The van der Waals surface area contributed by atoms with Crippen molar-refractivity contribution in [2.24, 2.45) is 0 Å². The van der Waals surface area contributed by atoms with E-state index < -0.39 is 11.2 Å². The van der Waals surface area contributed by atoms with Gasteiger partial charge >= 0.3 is 5.97 Å². The number of hydrogen-bond donors (Lipinski definition) is 2. The van der Waals surface area contributed by atoms with Gasteiger partial charge in [-0.15, -0.1) is 11.8 Å². The number of carbonyl (C=O) groups excluding carboxylic acids is 1. The average Bonchev–Trinajstić information content (AvgIpc) is 2.29. The van der Waals surface area contributed by atoms with E-state index in [4.69, 9.17) is 16.7 Å². The van der Waals surface area contributed by atoms with Gasteiger partial charge < -0.3 is 10.4 Å². The van der Waals surface area contributed by atoms with Crippen LogP contribution in [0.25, 0.3) is 0 Å². The number of anilines is 1. The van der Waals surface area contributed by atoms with Crippen molar-refractivity contribution in [1.29, 1.82) is 0 Å². The van der Waals surface area contributed by atoms with Crippen molar-refractivity contribution in [3.63, 3.8) is 0 Å². The second kappa shape index (κ2) is 6.51. The van der Waals surface area contributed by atoms with Gasteiger partial charge in [0, 0.05) is 10.7 Å². The lowest BCUT2D eigenvalue weighted by Gasteiger charge is -2.07. The van der Waals surface area contributed by atoms with Gasteiger partial charge in [-0.1, -0.05) is 11.6 Å². The molecule has 1 atom stereocenters. The number of thioether (sulfide) groups is 1. The number of rotatable bonds is 5. The monoisotopic (exact) mass is 273 g/mol. The summed E-state index contributed by atoms with van der Waals surface area (Å²) in [6.45, 7) is 1.54. The van der Waals surface area contributed by atoms with Gasteiger partial charge in [0.2, 0.25) is 5.91 Å². The molecule has 0 heterocycles. The number of benzene rings is 1. The van der Waals surface area contributed by atoms with Crippen molar-refractivity contribution in [2.45, 2.75) is 12.2 Å². The van der Waals surface area contributed by atoms with E-state index in [2.05, 4.69) is 5.32 Å². The summed E-state index contributed by atoms with van der Waals surface area (Å²) < 4.78 is 0. The van der Waals surface area contributed by atoms with E-state index in [1.165, 1.54) is 0 Å². The van der Waals surface area contributed by atoms with E-state index in [0.717, 1.165) is 11.8 Å². The minimum Gasteiger partial charge on any atom is -0.480 e. The molecule has 0 aliphatic rings. The number of carbonyl (C=O) groups is 2. The first-order valence-electron chi connectivity index (χ1n) is 4.89. The lowest BCUT2D eigenvalue weighted by atomic mass is 10.3. The summed E-state index contributed by atoms with van der Waals surface area (Å²) in [7, 11) is 0. The van der Waals surface area contributed by atoms with Crippen LogP contribution in [0.2, 0.25) is 5.02 Å². The zero-order valence-corrected chi connectivity index (χ0v) is 10.7. The van der Waals surface area contributed by atoms with Gasteiger partial charge in [-0.25, -0.2) is 0 Å². The maximum absolute atomic E-state index is 11.5. The molecule has 17 heavy (non-hydrogen) atoms. The fourth-order valence-corrected chi connectivity index (χ4v) is 1.74. The molecule has 0 saturated carbocycles. The van der Waals surface area contributed by atoms with Crippen molar-refractivity contribution in [1.82, 2.24) is 0 Å². The Balaban J connectivity index is 2.39. The highest BCUT2D eigenvalue weighted by atomic mass is 35.5. The summed E-state index contributed by atoms with van der Waals surface area (Å²) in [5.41, 5.74) is 0.642. The maximum atomic E-state index is 11.5. The standard InChI is InChI=1S/C11H12ClNO3S/c1-7(11(15)16)17-6-10(14)13-9-4-2-8(12)3-5-9/h2-5,7H,6H2,1H3,(H,13,14)(H,15,16)/t7-/m1/s1. The van der Waals surface area contributed by atoms with Crippen LogP contribution in [0.4, 0.5) is 5.69 Å². The number of carboxylic acid groups (broad SMARTS) is 1. The molecule has 0 aliphatic carbocycles. The predicted molar refractivity (Wildman–Crippen MR) is 69.6 cm³/mol. The molecule has 0 aliphatic heterocycles. The van der Waals surface area contributed by atoms with E-state index in [0.29, 0.717) is 10.7 Å². The van der Waals surface area contributed by atoms with Gasteiger partial charge in [0.25, 0.3) is 0 Å². The van der Waals surface area contributed by atoms with Gasteiger partial charge in [0.15, 0.2) is 0 Å². The van der Waals surface area contributed by atoms with Crippen LogP contribution in [0.5, 0.6) is 0 Å². The fourth-order valence-electron chi connectivity index (χ4n) is 1.00. The van der Waals surface area contributed by atoms with Gasteiger partial charge in [-0.3, -0.25) is 9.59 Å². The van der Waals surface area contributed by atoms with E-state index in [1.807, 2.05) is 0 Å². The Morgan fingerprint density at radius 1 is 1.41 bits per heavy atom. The minimum absolute atomic E-state index is 0.107. The van der Waals surface area contributed by atoms with Crippen molar-refractivity contribution in [3.8, 4) is 0 Å². The van der Waals surface area contributed by atoms with E-state index in [1.54, 1.807) is 31.2 Å². The van der Waals surface area contributed by atoms with Crippen LogP contribution < -0.4 is 5.32 Å². The zero-order valence-electron chi connectivity index (χ0n) is 9.14. The van der Waals surface area contributed by atoms with Crippen molar-refractivity contribution in [3.05, 3.63) is 29.3 Å². The molecule has 1 amide bonds. The van der Waals surface area contributed by atoms with Crippen molar-refractivity contribution >= 4 is 40.9 Å². The number of halogens is 1. The third kappa shape index (κ3) is 5.10. The first-order valence-corrected chi connectivity index (χ1v) is 6.31. The second-order valence-corrected chi connectivity index (χ2v) is 5.11. The third-order valence-corrected chi connectivity index (χ3v) is 3.32. The molecule has 1 rings (SSSR count). The van der Waals surface area contributed by atoms with Crippen LogP contribution in [-0.4, -0.2) is 28.0 Å². The molecule has 0 spiro atoms.